The number of hydrogen-bond acceptors (Lipinski definition) is 6. The first-order valence-electron chi connectivity index (χ1n) is 8.54. The Morgan fingerprint density at radius 2 is 2.08 bits per heavy atom. The van der Waals surface area contributed by atoms with E-state index in [0.717, 1.165) is 36.4 Å². The van der Waals surface area contributed by atoms with Crippen molar-refractivity contribution in [3.05, 3.63) is 47.4 Å². The fourth-order valence-electron chi connectivity index (χ4n) is 3.61. The lowest BCUT2D eigenvalue weighted by molar-refractivity contribution is 0.0561. The van der Waals surface area contributed by atoms with Crippen molar-refractivity contribution in [1.82, 2.24) is 4.90 Å². The van der Waals surface area contributed by atoms with Crippen molar-refractivity contribution in [2.45, 2.75) is 25.4 Å². The Bertz CT molecular complexity index is 769. The number of carbonyl (C=O) groups is 1. The summed E-state index contributed by atoms with van der Waals surface area (Å²) in [6, 6.07) is 8.29. The van der Waals surface area contributed by atoms with Crippen molar-refractivity contribution in [2.75, 3.05) is 26.9 Å². The standard InChI is InChI=1S/C19H21NO5/c1-22-19(21)18-14(6-8-25-18)12-20-7-2-3-15(20)13-4-5-16-17(11-13)24-10-9-23-16/h4-6,8,11,15H,2-3,7,9-10,12H2,1H3. The van der Waals surface area contributed by atoms with Gasteiger partial charge in [-0.1, -0.05) is 6.07 Å². The number of esters is 1. The van der Waals surface area contributed by atoms with Crippen LogP contribution in [-0.2, 0) is 11.3 Å². The van der Waals surface area contributed by atoms with E-state index in [9.17, 15) is 4.79 Å². The summed E-state index contributed by atoms with van der Waals surface area (Å²) in [5, 5.41) is 0. The van der Waals surface area contributed by atoms with Gasteiger partial charge in [0.05, 0.1) is 13.4 Å². The Morgan fingerprint density at radius 1 is 1.24 bits per heavy atom. The first-order valence-corrected chi connectivity index (χ1v) is 8.54. The van der Waals surface area contributed by atoms with E-state index in [0.29, 0.717) is 19.8 Å². The van der Waals surface area contributed by atoms with Crippen LogP contribution in [0.1, 0.15) is 40.6 Å². The van der Waals surface area contributed by atoms with Crippen LogP contribution >= 0.6 is 0 Å². The molecule has 1 aromatic heterocycles. The van der Waals surface area contributed by atoms with E-state index < -0.39 is 5.97 Å². The second-order valence-corrected chi connectivity index (χ2v) is 6.30. The van der Waals surface area contributed by atoms with Crippen molar-refractivity contribution < 1.29 is 23.4 Å². The van der Waals surface area contributed by atoms with E-state index >= 15 is 0 Å². The summed E-state index contributed by atoms with van der Waals surface area (Å²) in [6.45, 7) is 2.81. The van der Waals surface area contributed by atoms with E-state index in [1.165, 1.54) is 18.9 Å². The zero-order valence-corrected chi connectivity index (χ0v) is 14.2. The molecular formula is C19H21NO5. The van der Waals surface area contributed by atoms with Crippen LogP contribution in [0.15, 0.2) is 34.9 Å². The van der Waals surface area contributed by atoms with Crippen molar-refractivity contribution in [3.63, 3.8) is 0 Å². The number of fused-ring (bicyclic) bond motifs is 1. The zero-order chi connectivity index (χ0) is 17.2. The fourth-order valence-corrected chi connectivity index (χ4v) is 3.61. The Balaban J connectivity index is 1.55. The molecule has 2 aliphatic rings. The molecule has 0 radical (unpaired) electrons. The third-order valence-electron chi connectivity index (χ3n) is 4.81. The maximum Gasteiger partial charge on any atom is 0.374 e. The summed E-state index contributed by atoms with van der Waals surface area (Å²) in [4.78, 5) is 14.2. The number of ether oxygens (including phenoxy) is 3. The summed E-state index contributed by atoms with van der Waals surface area (Å²) in [6.07, 6.45) is 3.73. The Hall–Kier alpha value is -2.47. The van der Waals surface area contributed by atoms with Crippen LogP contribution in [0.2, 0.25) is 0 Å². The summed E-state index contributed by atoms with van der Waals surface area (Å²) in [5.41, 5.74) is 2.07. The van der Waals surface area contributed by atoms with Gasteiger partial charge in [-0.05, 0) is 43.1 Å². The molecule has 25 heavy (non-hydrogen) atoms. The van der Waals surface area contributed by atoms with Crippen LogP contribution < -0.4 is 9.47 Å². The topological polar surface area (TPSA) is 61.1 Å². The molecule has 1 fully saturated rings. The van der Waals surface area contributed by atoms with Gasteiger partial charge < -0.3 is 18.6 Å². The maximum atomic E-state index is 11.8. The molecule has 1 unspecified atom stereocenters. The molecule has 6 nitrogen and oxygen atoms in total. The minimum atomic E-state index is -0.435. The molecule has 4 rings (SSSR count). The quantitative estimate of drug-likeness (QED) is 0.795. The molecule has 3 heterocycles. The molecule has 0 spiro atoms. The summed E-state index contributed by atoms with van der Waals surface area (Å²) in [7, 11) is 1.36. The lowest BCUT2D eigenvalue weighted by Crippen LogP contribution is -2.24. The number of likely N-dealkylation sites (tertiary alicyclic amines) is 1. The van der Waals surface area contributed by atoms with Crippen LogP contribution in [0.4, 0.5) is 0 Å². The van der Waals surface area contributed by atoms with E-state index in [-0.39, 0.29) is 11.8 Å². The predicted molar refractivity (Wildman–Crippen MR) is 89.9 cm³/mol. The molecule has 0 aliphatic carbocycles. The lowest BCUT2D eigenvalue weighted by atomic mass is 10.0. The summed E-state index contributed by atoms with van der Waals surface area (Å²) >= 11 is 0. The molecule has 2 aromatic rings. The highest BCUT2D eigenvalue weighted by Gasteiger charge is 2.29. The molecule has 2 aliphatic heterocycles. The smallest absolute Gasteiger partial charge is 0.374 e. The van der Waals surface area contributed by atoms with Gasteiger partial charge in [-0.2, -0.15) is 0 Å². The van der Waals surface area contributed by atoms with Gasteiger partial charge in [0.1, 0.15) is 13.2 Å². The molecular weight excluding hydrogens is 322 g/mol. The molecule has 1 saturated heterocycles. The summed E-state index contributed by atoms with van der Waals surface area (Å²) < 4.78 is 21.4. The first kappa shape index (κ1) is 16.0. The third-order valence-corrected chi connectivity index (χ3v) is 4.81. The zero-order valence-electron chi connectivity index (χ0n) is 14.2. The van der Waals surface area contributed by atoms with Gasteiger partial charge in [0.25, 0.3) is 0 Å². The molecule has 0 saturated carbocycles. The second-order valence-electron chi connectivity index (χ2n) is 6.30. The average Bonchev–Trinajstić information content (AvgIpc) is 3.30. The van der Waals surface area contributed by atoms with Gasteiger partial charge in [0.2, 0.25) is 5.76 Å². The summed E-state index contributed by atoms with van der Waals surface area (Å²) in [5.74, 6) is 1.47. The number of benzene rings is 1. The van der Waals surface area contributed by atoms with Gasteiger partial charge in [-0.25, -0.2) is 4.79 Å². The second kappa shape index (κ2) is 6.80. The largest absolute Gasteiger partial charge is 0.486 e. The van der Waals surface area contributed by atoms with E-state index in [1.54, 1.807) is 0 Å². The van der Waals surface area contributed by atoms with Crippen molar-refractivity contribution in [3.8, 4) is 11.5 Å². The number of methoxy groups -OCH3 is 1. The van der Waals surface area contributed by atoms with Crippen molar-refractivity contribution in [1.29, 1.82) is 0 Å². The monoisotopic (exact) mass is 343 g/mol. The van der Waals surface area contributed by atoms with Crippen LogP contribution in [0.3, 0.4) is 0 Å². The number of hydrogen-bond donors (Lipinski definition) is 0. The molecule has 0 N–H and O–H groups in total. The van der Waals surface area contributed by atoms with Crippen LogP contribution in [-0.4, -0.2) is 37.7 Å². The predicted octanol–water partition coefficient (Wildman–Crippen LogP) is 3.17. The van der Waals surface area contributed by atoms with Gasteiger partial charge in [-0.15, -0.1) is 0 Å². The van der Waals surface area contributed by atoms with Crippen molar-refractivity contribution >= 4 is 5.97 Å². The van der Waals surface area contributed by atoms with Gasteiger partial charge in [0, 0.05) is 18.2 Å². The molecule has 1 aromatic carbocycles. The fraction of sp³-hybridized carbons (Fsp3) is 0.421. The highest BCUT2D eigenvalue weighted by atomic mass is 16.6. The Morgan fingerprint density at radius 3 is 2.92 bits per heavy atom. The highest BCUT2D eigenvalue weighted by molar-refractivity contribution is 5.87. The molecule has 132 valence electrons. The van der Waals surface area contributed by atoms with E-state index in [1.807, 2.05) is 12.1 Å². The van der Waals surface area contributed by atoms with Gasteiger partial charge in [0.15, 0.2) is 11.5 Å². The maximum absolute atomic E-state index is 11.8. The average molecular weight is 343 g/mol. The molecule has 0 bridgehead atoms. The van der Waals surface area contributed by atoms with Crippen molar-refractivity contribution in [2.24, 2.45) is 0 Å². The van der Waals surface area contributed by atoms with E-state index in [2.05, 4.69) is 17.0 Å². The number of rotatable bonds is 4. The Labute approximate surface area is 146 Å². The number of nitrogens with zero attached hydrogens (tertiary/aromatic N) is 1. The number of furan rings is 1. The molecule has 0 amide bonds. The minimum absolute atomic E-state index is 0.287. The van der Waals surface area contributed by atoms with Gasteiger partial charge >= 0.3 is 5.97 Å². The molecule has 1 atom stereocenters. The number of carbonyl (C=O) groups excluding carboxylic acids is 1. The Kier molecular flexibility index (Phi) is 4.36. The highest BCUT2D eigenvalue weighted by Crippen LogP contribution is 2.38. The van der Waals surface area contributed by atoms with Crippen LogP contribution in [0.5, 0.6) is 11.5 Å². The first-order chi connectivity index (χ1) is 12.3. The van der Waals surface area contributed by atoms with E-state index in [4.69, 9.17) is 18.6 Å². The SMILES string of the molecule is COC(=O)c1occc1CN1CCCC1c1ccc2c(c1)OCCO2. The molecule has 6 heteroatoms. The van der Waals surface area contributed by atoms with Gasteiger partial charge in [-0.3, -0.25) is 4.90 Å². The minimum Gasteiger partial charge on any atom is -0.486 e. The van der Waals surface area contributed by atoms with Crippen LogP contribution in [0.25, 0.3) is 0 Å². The normalized spacial score (nSPS) is 19.8. The lowest BCUT2D eigenvalue weighted by Gasteiger charge is -2.26. The third kappa shape index (κ3) is 3.09. The van der Waals surface area contributed by atoms with Crippen LogP contribution in [0, 0.1) is 0 Å².